The van der Waals surface area contributed by atoms with Crippen LogP contribution in [-0.4, -0.2) is 16.0 Å². The van der Waals surface area contributed by atoms with Gasteiger partial charge in [0.2, 0.25) is 0 Å². The lowest BCUT2D eigenvalue weighted by Crippen LogP contribution is -2.28. The minimum Gasteiger partial charge on any atom is -0.300 e. The average molecular weight is 274 g/mol. The van der Waals surface area contributed by atoms with E-state index in [1.165, 1.54) is 11.3 Å². The maximum absolute atomic E-state index is 5.91. The van der Waals surface area contributed by atoms with Gasteiger partial charge in [0.25, 0.3) is 0 Å². The van der Waals surface area contributed by atoms with Gasteiger partial charge >= 0.3 is 0 Å². The smallest absolute Gasteiger partial charge is 0.118 e. The Bertz CT molecular complexity index is 439. The van der Waals surface area contributed by atoms with Gasteiger partial charge in [0.1, 0.15) is 20.4 Å². The van der Waals surface area contributed by atoms with E-state index in [-0.39, 0.29) is 6.04 Å². The van der Waals surface area contributed by atoms with E-state index in [4.69, 9.17) is 11.6 Å². The van der Waals surface area contributed by atoms with Gasteiger partial charge in [0.15, 0.2) is 0 Å². The molecule has 0 radical (unpaired) electrons. The summed E-state index contributed by atoms with van der Waals surface area (Å²) in [5.41, 5.74) is 0. The van der Waals surface area contributed by atoms with Crippen molar-refractivity contribution in [2.45, 2.75) is 25.9 Å². The predicted octanol–water partition coefficient (Wildman–Crippen LogP) is 3.34. The number of hydrogen-bond donors (Lipinski definition) is 1. The first-order chi connectivity index (χ1) is 7.66. The van der Waals surface area contributed by atoms with Gasteiger partial charge in [0, 0.05) is 17.6 Å². The molecule has 0 aliphatic carbocycles. The van der Waals surface area contributed by atoms with E-state index in [1.54, 1.807) is 17.5 Å². The maximum atomic E-state index is 5.91. The molecule has 0 bridgehead atoms. The molecule has 86 valence electrons. The number of nitrogens with one attached hydrogen (secondary N) is 1. The van der Waals surface area contributed by atoms with Gasteiger partial charge in [-0.3, -0.25) is 0 Å². The first-order valence-electron chi connectivity index (χ1n) is 4.93. The van der Waals surface area contributed by atoms with Crippen molar-refractivity contribution in [1.82, 2.24) is 15.3 Å². The van der Waals surface area contributed by atoms with Crippen LogP contribution in [0.15, 0.2) is 17.8 Å². The Morgan fingerprint density at radius 3 is 2.62 bits per heavy atom. The number of hydrogen-bond acceptors (Lipinski definition) is 5. The van der Waals surface area contributed by atoms with E-state index >= 15 is 0 Å². The lowest BCUT2D eigenvalue weighted by Gasteiger charge is -2.16. The molecule has 0 aliphatic rings. The molecule has 16 heavy (non-hydrogen) atoms. The number of nitrogens with zero attached hydrogens (tertiary/aromatic N) is 2. The molecule has 2 aromatic heterocycles. The second-order valence-electron chi connectivity index (χ2n) is 3.63. The third-order valence-corrected chi connectivity index (χ3v) is 3.96. The SMILES string of the molecule is CC(C)NC(c1nccs1)c1ncc(Cl)s1. The first kappa shape index (κ1) is 12.0. The Kier molecular flexibility index (Phi) is 3.91. The van der Waals surface area contributed by atoms with Crippen LogP contribution in [0.25, 0.3) is 0 Å². The van der Waals surface area contributed by atoms with E-state index in [9.17, 15) is 0 Å². The molecule has 6 heteroatoms. The number of halogens is 1. The van der Waals surface area contributed by atoms with Crippen molar-refractivity contribution < 1.29 is 0 Å². The minimum absolute atomic E-state index is 0.0532. The molecule has 1 N–H and O–H groups in total. The molecule has 2 rings (SSSR count). The molecule has 2 aromatic rings. The van der Waals surface area contributed by atoms with Gasteiger partial charge in [-0.2, -0.15) is 0 Å². The monoisotopic (exact) mass is 273 g/mol. The van der Waals surface area contributed by atoms with Gasteiger partial charge in [-0.1, -0.05) is 11.6 Å². The van der Waals surface area contributed by atoms with Crippen LogP contribution in [0.3, 0.4) is 0 Å². The largest absolute Gasteiger partial charge is 0.300 e. The zero-order valence-electron chi connectivity index (χ0n) is 8.98. The lowest BCUT2D eigenvalue weighted by molar-refractivity contribution is 0.525. The zero-order valence-corrected chi connectivity index (χ0v) is 11.4. The Balaban J connectivity index is 2.28. The van der Waals surface area contributed by atoms with Crippen LogP contribution in [-0.2, 0) is 0 Å². The summed E-state index contributed by atoms with van der Waals surface area (Å²) in [4.78, 5) is 8.65. The van der Waals surface area contributed by atoms with Crippen LogP contribution in [0.2, 0.25) is 4.34 Å². The van der Waals surface area contributed by atoms with Crippen molar-refractivity contribution in [2.75, 3.05) is 0 Å². The summed E-state index contributed by atoms with van der Waals surface area (Å²) in [5.74, 6) is 0. The third-order valence-electron chi connectivity index (χ3n) is 1.94. The fourth-order valence-electron chi connectivity index (χ4n) is 1.36. The molecule has 0 amide bonds. The molecule has 3 nitrogen and oxygen atoms in total. The Hall–Kier alpha value is -0.490. The summed E-state index contributed by atoms with van der Waals surface area (Å²) < 4.78 is 0.710. The highest BCUT2D eigenvalue weighted by atomic mass is 35.5. The molecule has 0 saturated carbocycles. The van der Waals surface area contributed by atoms with Crippen LogP contribution in [0, 0.1) is 0 Å². The molecular formula is C10H12ClN3S2. The van der Waals surface area contributed by atoms with Crippen LogP contribution in [0.4, 0.5) is 0 Å². The summed E-state index contributed by atoms with van der Waals surface area (Å²) in [5, 5.41) is 7.41. The Morgan fingerprint density at radius 1 is 1.31 bits per heavy atom. The quantitative estimate of drug-likeness (QED) is 0.928. The van der Waals surface area contributed by atoms with Crippen molar-refractivity contribution >= 4 is 34.3 Å². The van der Waals surface area contributed by atoms with Gasteiger partial charge in [-0.25, -0.2) is 9.97 Å². The summed E-state index contributed by atoms with van der Waals surface area (Å²) >= 11 is 9.04. The topological polar surface area (TPSA) is 37.8 Å². The first-order valence-corrected chi connectivity index (χ1v) is 7.01. The zero-order chi connectivity index (χ0) is 11.5. The summed E-state index contributed by atoms with van der Waals surface area (Å²) in [7, 11) is 0. The summed E-state index contributed by atoms with van der Waals surface area (Å²) in [6, 6.07) is 0.425. The van der Waals surface area contributed by atoms with Crippen LogP contribution in [0.1, 0.15) is 29.9 Å². The lowest BCUT2D eigenvalue weighted by atomic mass is 10.2. The predicted molar refractivity (Wildman–Crippen MR) is 69.4 cm³/mol. The van der Waals surface area contributed by atoms with Crippen LogP contribution in [0.5, 0.6) is 0 Å². The number of rotatable bonds is 4. The number of aromatic nitrogens is 2. The van der Waals surface area contributed by atoms with E-state index < -0.39 is 0 Å². The highest BCUT2D eigenvalue weighted by molar-refractivity contribution is 7.16. The van der Waals surface area contributed by atoms with Crippen molar-refractivity contribution in [3.05, 3.63) is 32.1 Å². The minimum atomic E-state index is 0.0532. The Labute approximate surface area is 108 Å². The van der Waals surface area contributed by atoms with Gasteiger partial charge in [0.05, 0.1) is 6.20 Å². The van der Waals surface area contributed by atoms with E-state index in [2.05, 4.69) is 29.1 Å². The van der Waals surface area contributed by atoms with Crippen LogP contribution < -0.4 is 5.32 Å². The average Bonchev–Trinajstić information content (AvgIpc) is 2.84. The maximum Gasteiger partial charge on any atom is 0.118 e. The second-order valence-corrected chi connectivity index (χ2v) is 6.25. The van der Waals surface area contributed by atoms with Gasteiger partial charge in [-0.15, -0.1) is 22.7 Å². The molecule has 2 heterocycles. The van der Waals surface area contributed by atoms with Crippen molar-refractivity contribution in [2.24, 2.45) is 0 Å². The molecular weight excluding hydrogens is 262 g/mol. The standard InChI is InChI=1S/C10H12ClN3S2/c1-6(2)14-8(9-12-3-4-15-9)10-13-5-7(11)16-10/h3-6,8,14H,1-2H3. The van der Waals surface area contributed by atoms with Crippen molar-refractivity contribution in [3.63, 3.8) is 0 Å². The van der Waals surface area contributed by atoms with E-state index in [0.717, 1.165) is 10.0 Å². The highest BCUT2D eigenvalue weighted by Gasteiger charge is 2.20. The van der Waals surface area contributed by atoms with Crippen molar-refractivity contribution in [1.29, 1.82) is 0 Å². The molecule has 1 unspecified atom stereocenters. The molecule has 0 saturated heterocycles. The Morgan fingerprint density at radius 2 is 2.12 bits per heavy atom. The fourth-order valence-corrected chi connectivity index (χ4v) is 3.13. The van der Waals surface area contributed by atoms with Gasteiger partial charge in [-0.05, 0) is 13.8 Å². The van der Waals surface area contributed by atoms with Gasteiger partial charge < -0.3 is 5.32 Å². The van der Waals surface area contributed by atoms with E-state index in [1.807, 2.05) is 11.6 Å². The normalized spacial score (nSPS) is 13.2. The van der Waals surface area contributed by atoms with E-state index in [0.29, 0.717) is 10.4 Å². The number of thiazole rings is 2. The molecule has 0 aromatic carbocycles. The third kappa shape index (κ3) is 2.79. The fraction of sp³-hybridized carbons (Fsp3) is 0.400. The summed E-state index contributed by atoms with van der Waals surface area (Å²) in [6.45, 7) is 4.21. The molecule has 1 atom stereocenters. The summed E-state index contributed by atoms with van der Waals surface area (Å²) in [6.07, 6.45) is 3.49. The molecule has 0 fully saturated rings. The molecule has 0 spiro atoms. The van der Waals surface area contributed by atoms with Crippen LogP contribution >= 0.6 is 34.3 Å². The van der Waals surface area contributed by atoms with Crippen molar-refractivity contribution in [3.8, 4) is 0 Å². The highest BCUT2D eigenvalue weighted by Crippen LogP contribution is 2.29. The molecule has 0 aliphatic heterocycles. The second kappa shape index (κ2) is 5.23.